The van der Waals surface area contributed by atoms with E-state index in [1.54, 1.807) is 6.20 Å². The van der Waals surface area contributed by atoms with Crippen LogP contribution in [0.4, 0.5) is 0 Å². The first-order valence-electron chi connectivity index (χ1n) is 10.1. The van der Waals surface area contributed by atoms with Crippen LogP contribution in [0.25, 0.3) is 11.0 Å². The molecule has 0 bridgehead atoms. The lowest BCUT2D eigenvalue weighted by Gasteiger charge is -2.20. The molecule has 1 amide bonds. The molecule has 1 unspecified atom stereocenters. The topological polar surface area (TPSA) is 59.8 Å². The maximum absolute atomic E-state index is 13.2. The predicted octanol–water partition coefficient (Wildman–Crippen LogP) is 5.60. The van der Waals surface area contributed by atoms with Crippen molar-refractivity contribution < 1.29 is 4.79 Å². The average molecular weight is 453 g/mol. The molecule has 2 aromatic carbocycles. The fourth-order valence-corrected chi connectivity index (χ4v) is 4.24. The molecule has 4 aromatic rings. The van der Waals surface area contributed by atoms with Crippen LogP contribution in [0.15, 0.2) is 66.9 Å². The van der Waals surface area contributed by atoms with Crippen LogP contribution in [0.1, 0.15) is 36.5 Å². The monoisotopic (exact) mass is 452 g/mol. The Bertz CT molecular complexity index is 1190. The molecule has 0 saturated heterocycles. The lowest BCUT2D eigenvalue weighted by atomic mass is 10.1. The molecule has 0 aliphatic carbocycles. The van der Waals surface area contributed by atoms with Gasteiger partial charge in [0.1, 0.15) is 11.9 Å². The first-order valence-corrected chi connectivity index (χ1v) is 10.9. The molecule has 0 aliphatic rings. The number of para-hydroxylation sites is 2. The molecule has 0 saturated carbocycles. The maximum atomic E-state index is 13.2. The standard InChI is InChI=1S/C24H22Cl2N4O/c1-2-21(24(31)28-15-16-8-5-6-13-27-16)30-22-12-4-3-11-20(22)29-23(30)14-17-18(25)9-7-10-19(17)26/h3-13,21H,2,14-15H2,1H3,(H,28,31). The Morgan fingerprint density at radius 1 is 1.03 bits per heavy atom. The molecule has 31 heavy (non-hydrogen) atoms. The van der Waals surface area contributed by atoms with Crippen LogP contribution >= 0.6 is 23.2 Å². The Balaban J connectivity index is 1.70. The highest BCUT2D eigenvalue weighted by Crippen LogP contribution is 2.30. The smallest absolute Gasteiger partial charge is 0.243 e. The average Bonchev–Trinajstić information content (AvgIpc) is 3.14. The molecule has 2 heterocycles. The zero-order chi connectivity index (χ0) is 21.8. The summed E-state index contributed by atoms with van der Waals surface area (Å²) in [6.07, 6.45) is 2.75. The van der Waals surface area contributed by atoms with Crippen molar-refractivity contribution >= 4 is 40.1 Å². The first-order chi connectivity index (χ1) is 15.1. The van der Waals surface area contributed by atoms with Crippen molar-refractivity contribution in [2.24, 2.45) is 0 Å². The Morgan fingerprint density at radius 3 is 2.48 bits per heavy atom. The number of imidazole rings is 1. The quantitative estimate of drug-likeness (QED) is 0.397. The Hall–Kier alpha value is -2.89. The van der Waals surface area contributed by atoms with E-state index in [4.69, 9.17) is 28.2 Å². The summed E-state index contributed by atoms with van der Waals surface area (Å²) in [4.78, 5) is 22.3. The number of rotatable bonds is 7. The second kappa shape index (κ2) is 9.50. The molecule has 158 valence electrons. The van der Waals surface area contributed by atoms with Gasteiger partial charge in [-0.25, -0.2) is 4.98 Å². The van der Waals surface area contributed by atoms with E-state index in [9.17, 15) is 4.79 Å². The van der Waals surface area contributed by atoms with Gasteiger partial charge in [0.25, 0.3) is 0 Å². The number of nitrogens with zero attached hydrogens (tertiary/aromatic N) is 3. The lowest BCUT2D eigenvalue weighted by Crippen LogP contribution is -2.33. The predicted molar refractivity (Wildman–Crippen MR) is 124 cm³/mol. The molecule has 4 rings (SSSR count). The Morgan fingerprint density at radius 2 is 1.77 bits per heavy atom. The zero-order valence-electron chi connectivity index (χ0n) is 17.1. The molecular formula is C24H22Cl2N4O. The van der Waals surface area contributed by atoms with E-state index >= 15 is 0 Å². The molecular weight excluding hydrogens is 431 g/mol. The van der Waals surface area contributed by atoms with Gasteiger partial charge in [0.2, 0.25) is 5.91 Å². The van der Waals surface area contributed by atoms with Gasteiger partial charge in [-0.1, -0.05) is 54.4 Å². The van der Waals surface area contributed by atoms with Crippen LogP contribution in [-0.4, -0.2) is 20.4 Å². The molecule has 2 aromatic heterocycles. The number of hydrogen-bond acceptors (Lipinski definition) is 3. The van der Waals surface area contributed by atoms with Crippen molar-refractivity contribution in [3.8, 4) is 0 Å². The maximum Gasteiger partial charge on any atom is 0.243 e. The summed E-state index contributed by atoms with van der Waals surface area (Å²) in [5.74, 6) is 0.666. The summed E-state index contributed by atoms with van der Waals surface area (Å²) in [5.41, 5.74) is 3.34. The van der Waals surface area contributed by atoms with Crippen LogP contribution in [0.3, 0.4) is 0 Å². The van der Waals surface area contributed by atoms with Crippen molar-refractivity contribution in [3.63, 3.8) is 0 Å². The van der Waals surface area contributed by atoms with Gasteiger partial charge < -0.3 is 9.88 Å². The molecule has 0 spiro atoms. The van der Waals surface area contributed by atoms with Crippen LogP contribution in [-0.2, 0) is 17.8 Å². The number of benzene rings is 2. The summed E-state index contributed by atoms with van der Waals surface area (Å²) in [7, 11) is 0. The number of hydrogen-bond donors (Lipinski definition) is 1. The fourth-order valence-electron chi connectivity index (χ4n) is 3.71. The van der Waals surface area contributed by atoms with Gasteiger partial charge in [-0.3, -0.25) is 9.78 Å². The molecule has 7 heteroatoms. The molecule has 0 fully saturated rings. The fraction of sp³-hybridized carbons (Fsp3) is 0.208. The minimum Gasteiger partial charge on any atom is -0.349 e. The van der Waals surface area contributed by atoms with E-state index in [0.717, 1.165) is 28.1 Å². The first kappa shape index (κ1) is 21.3. The second-order valence-electron chi connectivity index (χ2n) is 7.23. The van der Waals surface area contributed by atoms with Crippen LogP contribution in [0.2, 0.25) is 10.0 Å². The molecule has 0 radical (unpaired) electrons. The third kappa shape index (κ3) is 4.58. The van der Waals surface area contributed by atoms with Gasteiger partial charge in [-0.05, 0) is 48.4 Å². The summed E-state index contributed by atoms with van der Waals surface area (Å²) in [6.45, 7) is 2.36. The van der Waals surface area contributed by atoms with Crippen molar-refractivity contribution in [2.45, 2.75) is 32.4 Å². The van der Waals surface area contributed by atoms with Crippen LogP contribution in [0, 0.1) is 0 Å². The van der Waals surface area contributed by atoms with Crippen molar-refractivity contribution in [1.82, 2.24) is 19.9 Å². The Labute approximate surface area is 191 Å². The number of carbonyl (C=O) groups is 1. The number of nitrogens with one attached hydrogen (secondary N) is 1. The zero-order valence-corrected chi connectivity index (χ0v) is 18.6. The minimum atomic E-state index is -0.424. The number of carbonyl (C=O) groups excluding carboxylic acids is 1. The number of halogens is 2. The van der Waals surface area contributed by atoms with Gasteiger partial charge >= 0.3 is 0 Å². The van der Waals surface area contributed by atoms with Gasteiger partial charge in [0, 0.05) is 22.7 Å². The SMILES string of the molecule is CCC(C(=O)NCc1ccccn1)n1c(Cc2c(Cl)cccc2Cl)nc2ccccc21. The van der Waals surface area contributed by atoms with Crippen molar-refractivity contribution in [3.05, 3.63) is 94.0 Å². The van der Waals surface area contributed by atoms with Gasteiger partial charge in [-0.2, -0.15) is 0 Å². The normalized spacial score (nSPS) is 12.1. The van der Waals surface area contributed by atoms with Crippen LogP contribution in [0.5, 0.6) is 0 Å². The highest BCUT2D eigenvalue weighted by molar-refractivity contribution is 6.36. The van der Waals surface area contributed by atoms with E-state index in [-0.39, 0.29) is 5.91 Å². The van der Waals surface area contributed by atoms with Crippen molar-refractivity contribution in [1.29, 1.82) is 0 Å². The van der Waals surface area contributed by atoms with E-state index in [0.29, 0.717) is 29.4 Å². The number of amides is 1. The van der Waals surface area contributed by atoms with Gasteiger partial charge in [0.05, 0.1) is 23.3 Å². The molecule has 1 atom stereocenters. The van der Waals surface area contributed by atoms with E-state index in [2.05, 4.69) is 10.3 Å². The van der Waals surface area contributed by atoms with Gasteiger partial charge in [0.15, 0.2) is 0 Å². The summed E-state index contributed by atoms with van der Waals surface area (Å²) < 4.78 is 2.00. The van der Waals surface area contributed by atoms with Crippen molar-refractivity contribution in [2.75, 3.05) is 0 Å². The number of aromatic nitrogens is 3. The molecule has 1 N–H and O–H groups in total. The Kier molecular flexibility index (Phi) is 6.54. The molecule has 5 nitrogen and oxygen atoms in total. The third-order valence-corrected chi connectivity index (χ3v) is 5.94. The number of pyridine rings is 1. The molecule has 0 aliphatic heterocycles. The summed E-state index contributed by atoms with van der Waals surface area (Å²) in [6, 6.07) is 18.5. The number of fused-ring (bicyclic) bond motifs is 1. The van der Waals surface area contributed by atoms with E-state index in [1.807, 2.05) is 72.2 Å². The van der Waals surface area contributed by atoms with E-state index in [1.165, 1.54) is 0 Å². The second-order valence-corrected chi connectivity index (χ2v) is 8.04. The van der Waals surface area contributed by atoms with E-state index < -0.39 is 6.04 Å². The lowest BCUT2D eigenvalue weighted by molar-refractivity contribution is -0.124. The summed E-state index contributed by atoms with van der Waals surface area (Å²) in [5, 5.41) is 4.18. The highest BCUT2D eigenvalue weighted by Gasteiger charge is 2.25. The summed E-state index contributed by atoms with van der Waals surface area (Å²) >= 11 is 12.8. The highest BCUT2D eigenvalue weighted by atomic mass is 35.5. The van der Waals surface area contributed by atoms with Crippen LogP contribution < -0.4 is 5.32 Å². The van der Waals surface area contributed by atoms with Gasteiger partial charge in [-0.15, -0.1) is 0 Å². The largest absolute Gasteiger partial charge is 0.349 e. The minimum absolute atomic E-state index is 0.0807. The third-order valence-electron chi connectivity index (χ3n) is 5.24.